The number of furan rings is 1. The molecule has 6 nitrogen and oxygen atoms in total. The van der Waals surface area contributed by atoms with E-state index in [4.69, 9.17) is 9.15 Å². The van der Waals surface area contributed by atoms with E-state index in [0.717, 1.165) is 11.8 Å². The van der Waals surface area contributed by atoms with Crippen molar-refractivity contribution in [2.75, 3.05) is 10.6 Å². The standard InChI is InChI=1S/C21H21NO5S/c1-15-19(14-26-16(2)23)27-21(20(15)17-10-6-4-7-11-17)22(28(3,24)25)18-12-8-5-9-13-18/h4-13H,14H2,1-3H3. The Morgan fingerprint density at radius 2 is 1.61 bits per heavy atom. The third-order valence-corrected chi connectivity index (χ3v) is 5.24. The van der Waals surface area contributed by atoms with E-state index >= 15 is 0 Å². The number of rotatable bonds is 6. The van der Waals surface area contributed by atoms with Crippen LogP contribution >= 0.6 is 0 Å². The minimum Gasteiger partial charge on any atom is -0.458 e. The maximum atomic E-state index is 12.7. The fourth-order valence-corrected chi connectivity index (χ4v) is 3.89. The molecule has 0 aliphatic heterocycles. The normalized spacial score (nSPS) is 11.2. The van der Waals surface area contributed by atoms with Crippen LogP contribution in [-0.4, -0.2) is 20.6 Å². The van der Waals surface area contributed by atoms with Gasteiger partial charge in [0.1, 0.15) is 12.4 Å². The summed E-state index contributed by atoms with van der Waals surface area (Å²) in [5, 5.41) is 0. The predicted octanol–water partition coefficient (Wildman–Crippen LogP) is 4.42. The van der Waals surface area contributed by atoms with Gasteiger partial charge in [0.2, 0.25) is 15.9 Å². The molecule has 7 heteroatoms. The van der Waals surface area contributed by atoms with E-state index in [1.165, 1.54) is 11.2 Å². The molecule has 1 heterocycles. The first kappa shape index (κ1) is 19.7. The Hall–Kier alpha value is -3.06. The highest BCUT2D eigenvalue weighted by Crippen LogP contribution is 2.42. The SMILES string of the molecule is CC(=O)OCc1oc(N(c2ccccc2)S(C)(=O)=O)c(-c2ccccc2)c1C. The number of nitrogens with zero attached hydrogens (tertiary/aromatic N) is 1. The van der Waals surface area contributed by atoms with Crippen molar-refractivity contribution in [3.63, 3.8) is 0 Å². The molecule has 146 valence electrons. The summed E-state index contributed by atoms with van der Waals surface area (Å²) in [5.74, 6) is 0.120. The highest BCUT2D eigenvalue weighted by atomic mass is 32.2. The van der Waals surface area contributed by atoms with Gasteiger partial charge in [-0.2, -0.15) is 0 Å². The zero-order valence-corrected chi connectivity index (χ0v) is 16.7. The van der Waals surface area contributed by atoms with Gasteiger partial charge in [-0.25, -0.2) is 12.7 Å². The molecule has 0 unspecified atom stereocenters. The summed E-state index contributed by atoms with van der Waals surface area (Å²) < 4.78 is 37.6. The third-order valence-electron chi connectivity index (χ3n) is 4.20. The second-order valence-electron chi connectivity index (χ2n) is 6.34. The lowest BCUT2D eigenvalue weighted by Crippen LogP contribution is -2.24. The molecule has 0 spiro atoms. The van der Waals surface area contributed by atoms with Gasteiger partial charge in [0, 0.05) is 18.1 Å². The van der Waals surface area contributed by atoms with Crippen molar-refractivity contribution in [3.8, 4) is 11.1 Å². The second kappa shape index (κ2) is 7.90. The summed E-state index contributed by atoms with van der Waals surface area (Å²) in [6, 6.07) is 18.1. The van der Waals surface area contributed by atoms with Crippen molar-refractivity contribution in [1.29, 1.82) is 0 Å². The Morgan fingerprint density at radius 3 is 2.14 bits per heavy atom. The molecular weight excluding hydrogens is 378 g/mol. The lowest BCUT2D eigenvalue weighted by atomic mass is 10.0. The molecule has 0 aliphatic rings. The average molecular weight is 399 g/mol. The van der Waals surface area contributed by atoms with Gasteiger partial charge < -0.3 is 9.15 Å². The van der Waals surface area contributed by atoms with Gasteiger partial charge in [-0.1, -0.05) is 48.5 Å². The van der Waals surface area contributed by atoms with Crippen LogP contribution in [-0.2, 0) is 26.2 Å². The van der Waals surface area contributed by atoms with Crippen molar-refractivity contribution in [2.24, 2.45) is 0 Å². The zero-order valence-electron chi connectivity index (χ0n) is 15.9. The van der Waals surface area contributed by atoms with Crippen LogP contribution in [0, 0.1) is 6.92 Å². The first-order valence-corrected chi connectivity index (χ1v) is 10.5. The van der Waals surface area contributed by atoms with Gasteiger partial charge in [-0.3, -0.25) is 4.79 Å². The van der Waals surface area contributed by atoms with Crippen LogP contribution in [0.4, 0.5) is 11.6 Å². The molecule has 3 rings (SSSR count). The van der Waals surface area contributed by atoms with Gasteiger partial charge in [0.25, 0.3) is 0 Å². The van der Waals surface area contributed by atoms with E-state index in [0.29, 0.717) is 22.6 Å². The Bertz CT molecular complexity index is 1070. The van der Waals surface area contributed by atoms with Crippen LogP contribution in [0.5, 0.6) is 0 Å². The van der Waals surface area contributed by atoms with E-state index in [1.807, 2.05) is 43.3 Å². The number of sulfonamides is 1. The number of anilines is 2. The Morgan fingerprint density at radius 1 is 1.04 bits per heavy atom. The average Bonchev–Trinajstić information content (AvgIpc) is 2.96. The Kier molecular flexibility index (Phi) is 5.56. The molecule has 0 saturated heterocycles. The molecule has 2 aromatic carbocycles. The summed E-state index contributed by atoms with van der Waals surface area (Å²) in [7, 11) is -3.70. The number of carbonyl (C=O) groups excluding carboxylic acids is 1. The molecule has 0 aliphatic carbocycles. The lowest BCUT2D eigenvalue weighted by molar-refractivity contribution is -0.142. The maximum Gasteiger partial charge on any atom is 0.303 e. The van der Waals surface area contributed by atoms with Crippen LogP contribution in [0.2, 0.25) is 0 Å². The molecular formula is C21H21NO5S. The summed E-state index contributed by atoms with van der Waals surface area (Å²) in [5.41, 5.74) is 2.61. The molecule has 0 saturated carbocycles. The van der Waals surface area contributed by atoms with Crippen molar-refractivity contribution >= 4 is 27.6 Å². The number of hydrogen-bond acceptors (Lipinski definition) is 5. The lowest BCUT2D eigenvalue weighted by Gasteiger charge is -2.21. The van der Waals surface area contributed by atoms with Gasteiger partial charge in [-0.15, -0.1) is 0 Å². The molecule has 0 N–H and O–H groups in total. The Balaban J connectivity index is 2.25. The highest BCUT2D eigenvalue weighted by Gasteiger charge is 2.30. The summed E-state index contributed by atoms with van der Waals surface area (Å²) in [6.45, 7) is 3.05. The van der Waals surface area contributed by atoms with Crippen LogP contribution in [0.25, 0.3) is 11.1 Å². The number of benzene rings is 2. The number of esters is 1. The molecule has 0 amide bonds. The van der Waals surface area contributed by atoms with Gasteiger partial charge in [0.05, 0.1) is 11.9 Å². The van der Waals surface area contributed by atoms with Crippen molar-refractivity contribution in [1.82, 2.24) is 0 Å². The van der Waals surface area contributed by atoms with Crippen molar-refractivity contribution in [2.45, 2.75) is 20.5 Å². The highest BCUT2D eigenvalue weighted by molar-refractivity contribution is 7.92. The minimum atomic E-state index is -3.70. The number of para-hydroxylation sites is 1. The van der Waals surface area contributed by atoms with E-state index in [9.17, 15) is 13.2 Å². The number of carbonyl (C=O) groups is 1. The minimum absolute atomic E-state index is 0.0760. The van der Waals surface area contributed by atoms with Gasteiger partial charge in [-0.05, 0) is 24.6 Å². The van der Waals surface area contributed by atoms with Gasteiger partial charge >= 0.3 is 5.97 Å². The van der Waals surface area contributed by atoms with Crippen molar-refractivity contribution < 1.29 is 22.4 Å². The first-order valence-electron chi connectivity index (χ1n) is 8.65. The number of ether oxygens (including phenoxy) is 1. The second-order valence-corrected chi connectivity index (χ2v) is 8.17. The van der Waals surface area contributed by atoms with Crippen LogP contribution in [0.1, 0.15) is 18.2 Å². The first-order chi connectivity index (χ1) is 13.3. The van der Waals surface area contributed by atoms with Crippen molar-refractivity contribution in [3.05, 3.63) is 72.0 Å². The molecule has 0 bridgehead atoms. The maximum absolute atomic E-state index is 12.7. The third kappa shape index (κ3) is 4.09. The molecule has 0 radical (unpaired) electrons. The fourth-order valence-electron chi connectivity index (χ4n) is 2.96. The summed E-state index contributed by atoms with van der Waals surface area (Å²) in [4.78, 5) is 11.2. The van der Waals surface area contributed by atoms with E-state index < -0.39 is 16.0 Å². The molecule has 28 heavy (non-hydrogen) atoms. The molecule has 0 fully saturated rings. The zero-order chi connectivity index (χ0) is 20.3. The summed E-state index contributed by atoms with van der Waals surface area (Å²) in [6.07, 6.45) is 1.12. The predicted molar refractivity (Wildman–Crippen MR) is 108 cm³/mol. The van der Waals surface area contributed by atoms with Crippen LogP contribution in [0.15, 0.2) is 65.1 Å². The quantitative estimate of drug-likeness (QED) is 0.574. The number of hydrogen-bond donors (Lipinski definition) is 0. The monoisotopic (exact) mass is 399 g/mol. The Labute approximate surface area is 164 Å². The summed E-state index contributed by atoms with van der Waals surface area (Å²) >= 11 is 0. The smallest absolute Gasteiger partial charge is 0.303 e. The molecule has 1 aromatic heterocycles. The van der Waals surface area contributed by atoms with Crippen LogP contribution in [0.3, 0.4) is 0 Å². The topological polar surface area (TPSA) is 76.8 Å². The van der Waals surface area contributed by atoms with E-state index in [1.54, 1.807) is 24.3 Å². The fraction of sp³-hybridized carbons (Fsp3) is 0.190. The van der Waals surface area contributed by atoms with E-state index in [2.05, 4.69) is 0 Å². The van der Waals surface area contributed by atoms with Crippen LogP contribution < -0.4 is 4.31 Å². The molecule has 0 atom stereocenters. The van der Waals surface area contributed by atoms with E-state index in [-0.39, 0.29) is 12.5 Å². The largest absolute Gasteiger partial charge is 0.458 e. The van der Waals surface area contributed by atoms with Gasteiger partial charge in [0.15, 0.2) is 0 Å². The molecule has 3 aromatic rings.